The zero-order valence-corrected chi connectivity index (χ0v) is 16.1. The molecule has 1 fully saturated rings. The van der Waals surface area contributed by atoms with Crippen molar-refractivity contribution in [2.75, 3.05) is 19.6 Å². The second-order valence-electron chi connectivity index (χ2n) is 7.68. The Morgan fingerprint density at radius 1 is 1.07 bits per heavy atom. The number of imidazole rings is 1. The van der Waals surface area contributed by atoms with Gasteiger partial charge in [-0.25, -0.2) is 9.37 Å². The summed E-state index contributed by atoms with van der Waals surface area (Å²) in [4.78, 5) is 48.1. The third-order valence-electron chi connectivity index (χ3n) is 5.87. The average molecular weight is 406 g/mol. The molecule has 2 aliphatic rings. The number of piperidine rings is 1. The Morgan fingerprint density at radius 3 is 2.40 bits per heavy atom. The van der Waals surface area contributed by atoms with Gasteiger partial charge in [-0.3, -0.25) is 19.3 Å². The molecule has 0 bridgehead atoms. The lowest BCUT2D eigenvalue weighted by Gasteiger charge is -2.32. The molecular weight excluding hydrogens is 387 g/mol. The molecule has 2 aliphatic heterocycles. The van der Waals surface area contributed by atoms with Crippen LogP contribution in [0.15, 0.2) is 42.5 Å². The number of aromatic nitrogens is 2. The summed E-state index contributed by atoms with van der Waals surface area (Å²) in [5.74, 6) is -0.463. The molecule has 152 valence electrons. The first-order chi connectivity index (χ1) is 14.5. The third-order valence-corrected chi connectivity index (χ3v) is 5.87. The Kier molecular flexibility index (Phi) is 4.34. The van der Waals surface area contributed by atoms with Gasteiger partial charge >= 0.3 is 0 Å². The van der Waals surface area contributed by atoms with E-state index in [2.05, 4.69) is 9.97 Å². The zero-order valence-electron chi connectivity index (χ0n) is 16.1. The van der Waals surface area contributed by atoms with E-state index in [1.807, 2.05) is 0 Å². The van der Waals surface area contributed by atoms with Gasteiger partial charge in [-0.1, -0.05) is 12.1 Å². The monoisotopic (exact) mass is 406 g/mol. The SMILES string of the molecule is O=C(CN1C(=O)c2ccccc2C1=O)N1CCC(c2nc3ccc(F)cc3[nH]2)CC1. The molecule has 0 atom stereocenters. The maximum Gasteiger partial charge on any atom is 0.262 e. The Hall–Kier alpha value is -3.55. The number of H-pyrrole nitrogens is 1. The van der Waals surface area contributed by atoms with Crippen LogP contribution in [0.4, 0.5) is 4.39 Å². The highest BCUT2D eigenvalue weighted by Crippen LogP contribution is 2.28. The first-order valence-electron chi connectivity index (χ1n) is 9.89. The van der Waals surface area contributed by atoms with Gasteiger partial charge in [0.2, 0.25) is 5.91 Å². The molecule has 1 N–H and O–H groups in total. The number of imide groups is 1. The number of fused-ring (bicyclic) bond motifs is 2. The van der Waals surface area contributed by atoms with Gasteiger partial charge in [0, 0.05) is 19.0 Å². The largest absolute Gasteiger partial charge is 0.342 e. The van der Waals surface area contributed by atoms with Crippen LogP contribution in [0.5, 0.6) is 0 Å². The number of amides is 3. The molecule has 3 amide bonds. The van der Waals surface area contributed by atoms with Gasteiger partial charge in [0.05, 0.1) is 22.2 Å². The highest BCUT2D eigenvalue weighted by Gasteiger charge is 2.37. The van der Waals surface area contributed by atoms with Crippen molar-refractivity contribution in [1.82, 2.24) is 19.8 Å². The number of likely N-dealkylation sites (tertiary alicyclic amines) is 1. The van der Waals surface area contributed by atoms with Crippen LogP contribution >= 0.6 is 0 Å². The molecule has 0 radical (unpaired) electrons. The van der Waals surface area contributed by atoms with E-state index in [0.29, 0.717) is 42.6 Å². The molecule has 1 aromatic heterocycles. The lowest BCUT2D eigenvalue weighted by molar-refractivity contribution is -0.132. The maximum atomic E-state index is 13.4. The molecule has 7 nitrogen and oxygen atoms in total. The molecule has 0 aliphatic carbocycles. The molecule has 1 saturated heterocycles. The van der Waals surface area contributed by atoms with Crippen molar-refractivity contribution in [3.8, 4) is 0 Å². The molecule has 0 spiro atoms. The number of carbonyl (C=O) groups is 3. The number of halogens is 1. The van der Waals surface area contributed by atoms with E-state index in [1.54, 1.807) is 35.2 Å². The summed E-state index contributed by atoms with van der Waals surface area (Å²) in [6, 6.07) is 11.1. The number of benzene rings is 2. The van der Waals surface area contributed by atoms with E-state index in [9.17, 15) is 18.8 Å². The first kappa shape index (κ1) is 18.5. The van der Waals surface area contributed by atoms with Crippen molar-refractivity contribution in [2.24, 2.45) is 0 Å². The minimum absolute atomic E-state index is 0.142. The zero-order chi connectivity index (χ0) is 20.8. The number of hydrogen-bond donors (Lipinski definition) is 1. The summed E-state index contributed by atoms with van der Waals surface area (Å²) in [6.07, 6.45) is 1.41. The van der Waals surface area contributed by atoms with Crippen LogP contribution in [-0.4, -0.2) is 57.1 Å². The maximum absolute atomic E-state index is 13.4. The predicted octanol–water partition coefficient (Wildman–Crippen LogP) is 2.70. The van der Waals surface area contributed by atoms with Gasteiger partial charge in [-0.15, -0.1) is 0 Å². The Bertz CT molecular complexity index is 1150. The molecule has 0 unspecified atom stereocenters. The fraction of sp³-hybridized carbons (Fsp3) is 0.273. The lowest BCUT2D eigenvalue weighted by atomic mass is 9.96. The Labute approximate surface area is 171 Å². The van der Waals surface area contributed by atoms with Crippen molar-refractivity contribution in [3.05, 3.63) is 65.2 Å². The van der Waals surface area contributed by atoms with E-state index in [-0.39, 0.29) is 24.2 Å². The van der Waals surface area contributed by atoms with Crippen LogP contribution in [0.2, 0.25) is 0 Å². The normalized spacial score (nSPS) is 17.1. The summed E-state index contributed by atoms with van der Waals surface area (Å²) in [5, 5.41) is 0. The second-order valence-corrected chi connectivity index (χ2v) is 7.68. The van der Waals surface area contributed by atoms with E-state index < -0.39 is 11.8 Å². The molecule has 8 heteroatoms. The Balaban J connectivity index is 1.23. The minimum atomic E-state index is -0.423. The van der Waals surface area contributed by atoms with Gasteiger partial charge in [0.15, 0.2) is 0 Å². The van der Waals surface area contributed by atoms with Gasteiger partial charge in [0.1, 0.15) is 18.2 Å². The highest BCUT2D eigenvalue weighted by molar-refractivity contribution is 6.22. The molecular formula is C22H19FN4O3. The van der Waals surface area contributed by atoms with Gasteiger partial charge in [0.25, 0.3) is 11.8 Å². The quantitative estimate of drug-likeness (QED) is 0.678. The summed E-state index contributed by atoms with van der Waals surface area (Å²) in [6.45, 7) is 0.775. The molecule has 30 heavy (non-hydrogen) atoms. The number of nitrogens with one attached hydrogen (secondary N) is 1. The number of hydrogen-bond acceptors (Lipinski definition) is 4. The minimum Gasteiger partial charge on any atom is -0.342 e. The van der Waals surface area contributed by atoms with Gasteiger partial charge in [-0.2, -0.15) is 0 Å². The van der Waals surface area contributed by atoms with E-state index in [1.165, 1.54) is 12.1 Å². The number of rotatable bonds is 3. The predicted molar refractivity (Wildman–Crippen MR) is 106 cm³/mol. The van der Waals surface area contributed by atoms with Crippen molar-refractivity contribution in [3.63, 3.8) is 0 Å². The first-order valence-corrected chi connectivity index (χ1v) is 9.89. The van der Waals surface area contributed by atoms with Crippen LogP contribution in [0.25, 0.3) is 11.0 Å². The van der Waals surface area contributed by atoms with Gasteiger partial charge < -0.3 is 9.88 Å². The van der Waals surface area contributed by atoms with E-state index in [0.717, 1.165) is 16.2 Å². The average Bonchev–Trinajstić information content (AvgIpc) is 3.28. The fourth-order valence-corrected chi connectivity index (χ4v) is 4.22. The number of aromatic amines is 1. The van der Waals surface area contributed by atoms with E-state index >= 15 is 0 Å². The smallest absolute Gasteiger partial charge is 0.262 e. The third kappa shape index (κ3) is 3.04. The summed E-state index contributed by atoms with van der Waals surface area (Å²) >= 11 is 0. The van der Waals surface area contributed by atoms with E-state index in [4.69, 9.17) is 0 Å². The second kappa shape index (κ2) is 7.05. The molecule has 5 rings (SSSR count). The summed E-state index contributed by atoms with van der Waals surface area (Å²) in [7, 11) is 0. The number of carbonyl (C=O) groups excluding carboxylic acids is 3. The van der Waals surface area contributed by atoms with Gasteiger partial charge in [-0.05, 0) is 43.2 Å². The summed E-state index contributed by atoms with van der Waals surface area (Å²) < 4.78 is 13.4. The van der Waals surface area contributed by atoms with Crippen molar-refractivity contribution >= 4 is 28.8 Å². The molecule has 2 aromatic carbocycles. The van der Waals surface area contributed by atoms with Crippen LogP contribution < -0.4 is 0 Å². The molecule has 3 aromatic rings. The van der Waals surface area contributed by atoms with Crippen LogP contribution in [0.1, 0.15) is 45.3 Å². The standard InChI is InChI=1S/C22H19FN4O3/c23-14-5-6-17-18(11-14)25-20(24-17)13-7-9-26(10-8-13)19(28)12-27-21(29)15-3-1-2-4-16(15)22(27)30/h1-6,11,13H,7-10,12H2,(H,24,25). The van der Waals surface area contributed by atoms with Crippen molar-refractivity contribution in [2.45, 2.75) is 18.8 Å². The molecule has 3 heterocycles. The van der Waals surface area contributed by atoms with Crippen LogP contribution in [0.3, 0.4) is 0 Å². The lowest BCUT2D eigenvalue weighted by Crippen LogP contribution is -2.45. The van der Waals surface area contributed by atoms with Crippen molar-refractivity contribution in [1.29, 1.82) is 0 Å². The van der Waals surface area contributed by atoms with Crippen LogP contribution in [-0.2, 0) is 4.79 Å². The number of nitrogens with zero attached hydrogens (tertiary/aromatic N) is 3. The Morgan fingerprint density at radius 2 is 1.73 bits per heavy atom. The fourth-order valence-electron chi connectivity index (χ4n) is 4.22. The molecule has 0 saturated carbocycles. The summed E-state index contributed by atoms with van der Waals surface area (Å²) in [5.41, 5.74) is 2.07. The topological polar surface area (TPSA) is 86.4 Å². The van der Waals surface area contributed by atoms with Crippen LogP contribution in [0, 0.1) is 5.82 Å². The highest BCUT2D eigenvalue weighted by atomic mass is 19.1. The van der Waals surface area contributed by atoms with Crippen molar-refractivity contribution < 1.29 is 18.8 Å².